The molecule has 12 heavy (non-hydrogen) atoms. The second kappa shape index (κ2) is 3.35. The second-order valence-electron chi connectivity index (χ2n) is 4.44. The lowest BCUT2D eigenvalue weighted by atomic mass is 9.77. The smallest absolute Gasteiger partial charge is 0.0641 e. The van der Waals surface area contributed by atoms with E-state index in [4.69, 9.17) is 4.74 Å². The number of ether oxygens (including phenoxy) is 1. The molecule has 0 saturated carbocycles. The molecule has 2 nitrogen and oxygen atoms in total. The van der Waals surface area contributed by atoms with Crippen LogP contribution >= 0.6 is 0 Å². The Labute approximate surface area is 74.7 Å². The summed E-state index contributed by atoms with van der Waals surface area (Å²) in [5, 5.41) is 3.47. The Kier molecular flexibility index (Phi) is 2.37. The molecule has 2 unspecified atom stereocenters. The van der Waals surface area contributed by atoms with Crippen LogP contribution in [0.5, 0.6) is 0 Å². The average molecular weight is 169 g/mol. The third-order valence-corrected chi connectivity index (χ3v) is 3.34. The third kappa shape index (κ3) is 1.50. The summed E-state index contributed by atoms with van der Waals surface area (Å²) in [4.78, 5) is 0. The molecule has 70 valence electrons. The molecular weight excluding hydrogens is 150 g/mol. The number of hydrogen-bond acceptors (Lipinski definition) is 2. The molecule has 2 fully saturated rings. The highest BCUT2D eigenvalue weighted by Crippen LogP contribution is 2.36. The lowest BCUT2D eigenvalue weighted by molar-refractivity contribution is -0.00447. The van der Waals surface area contributed by atoms with E-state index in [0.29, 0.717) is 11.5 Å². The molecule has 2 aliphatic rings. The first kappa shape index (κ1) is 8.52. The van der Waals surface area contributed by atoms with E-state index in [9.17, 15) is 0 Å². The van der Waals surface area contributed by atoms with Crippen LogP contribution in [0.3, 0.4) is 0 Å². The van der Waals surface area contributed by atoms with E-state index in [1.54, 1.807) is 0 Å². The van der Waals surface area contributed by atoms with Gasteiger partial charge in [-0.3, -0.25) is 0 Å². The van der Waals surface area contributed by atoms with Crippen LogP contribution in [0.1, 0.15) is 32.6 Å². The molecule has 0 aliphatic carbocycles. The zero-order valence-electron chi connectivity index (χ0n) is 7.94. The van der Waals surface area contributed by atoms with E-state index in [1.165, 1.54) is 32.2 Å². The van der Waals surface area contributed by atoms with Crippen molar-refractivity contribution < 1.29 is 4.74 Å². The Hall–Kier alpha value is -0.0800. The Morgan fingerprint density at radius 3 is 2.92 bits per heavy atom. The topological polar surface area (TPSA) is 21.3 Å². The van der Waals surface area contributed by atoms with Crippen molar-refractivity contribution in [1.82, 2.24) is 5.32 Å². The fourth-order valence-electron chi connectivity index (χ4n) is 2.48. The van der Waals surface area contributed by atoms with Crippen LogP contribution in [0.2, 0.25) is 0 Å². The Morgan fingerprint density at radius 2 is 2.33 bits per heavy atom. The molecule has 0 spiro atoms. The van der Waals surface area contributed by atoms with Gasteiger partial charge in [0, 0.05) is 18.6 Å². The average Bonchev–Trinajstić information content (AvgIpc) is 2.58. The predicted octanol–water partition coefficient (Wildman–Crippen LogP) is 1.56. The summed E-state index contributed by atoms with van der Waals surface area (Å²) in [5.74, 6) is 0. The van der Waals surface area contributed by atoms with Gasteiger partial charge in [-0.2, -0.15) is 0 Å². The van der Waals surface area contributed by atoms with Crippen molar-refractivity contribution in [3.05, 3.63) is 0 Å². The molecule has 0 bridgehead atoms. The normalized spacial score (nSPS) is 43.2. The van der Waals surface area contributed by atoms with Crippen LogP contribution in [0.4, 0.5) is 0 Å². The molecule has 0 amide bonds. The predicted molar refractivity (Wildman–Crippen MR) is 49.2 cm³/mol. The van der Waals surface area contributed by atoms with Crippen LogP contribution < -0.4 is 5.32 Å². The van der Waals surface area contributed by atoms with Crippen LogP contribution in [0.15, 0.2) is 0 Å². The van der Waals surface area contributed by atoms with Gasteiger partial charge in [0.1, 0.15) is 0 Å². The maximum absolute atomic E-state index is 5.76. The maximum atomic E-state index is 5.76. The van der Waals surface area contributed by atoms with Crippen molar-refractivity contribution in [2.45, 2.75) is 38.7 Å². The van der Waals surface area contributed by atoms with E-state index in [2.05, 4.69) is 12.2 Å². The third-order valence-electron chi connectivity index (χ3n) is 3.34. The van der Waals surface area contributed by atoms with Crippen LogP contribution in [-0.4, -0.2) is 25.8 Å². The van der Waals surface area contributed by atoms with Gasteiger partial charge in [0.2, 0.25) is 0 Å². The Balaban J connectivity index is 1.97. The maximum Gasteiger partial charge on any atom is 0.0641 e. The summed E-state index contributed by atoms with van der Waals surface area (Å²) in [7, 11) is 0. The summed E-state index contributed by atoms with van der Waals surface area (Å²) in [6.07, 6.45) is 5.73. The monoisotopic (exact) mass is 169 g/mol. The van der Waals surface area contributed by atoms with E-state index < -0.39 is 0 Å². The van der Waals surface area contributed by atoms with E-state index in [1.807, 2.05) is 0 Å². The van der Waals surface area contributed by atoms with E-state index in [-0.39, 0.29) is 0 Å². The van der Waals surface area contributed by atoms with Crippen LogP contribution in [0.25, 0.3) is 0 Å². The van der Waals surface area contributed by atoms with Crippen molar-refractivity contribution >= 4 is 0 Å². The molecule has 2 saturated heterocycles. The number of piperidine rings is 1. The first-order valence-corrected chi connectivity index (χ1v) is 5.14. The number of nitrogens with one attached hydrogen (secondary N) is 1. The zero-order valence-corrected chi connectivity index (χ0v) is 7.94. The SMILES string of the molecule is CC1(C2CCCO2)CCCNC1. The van der Waals surface area contributed by atoms with Crippen molar-refractivity contribution in [1.29, 1.82) is 0 Å². The Morgan fingerprint density at radius 1 is 1.42 bits per heavy atom. The molecule has 2 rings (SSSR count). The minimum absolute atomic E-state index is 0.425. The van der Waals surface area contributed by atoms with Gasteiger partial charge in [-0.15, -0.1) is 0 Å². The van der Waals surface area contributed by atoms with E-state index >= 15 is 0 Å². The molecule has 2 heteroatoms. The highest BCUT2D eigenvalue weighted by atomic mass is 16.5. The van der Waals surface area contributed by atoms with Gasteiger partial charge in [0.15, 0.2) is 0 Å². The van der Waals surface area contributed by atoms with Gasteiger partial charge in [-0.25, -0.2) is 0 Å². The highest BCUT2D eigenvalue weighted by Gasteiger charge is 2.37. The summed E-state index contributed by atoms with van der Waals surface area (Å²) in [5.41, 5.74) is 0.425. The fourth-order valence-corrected chi connectivity index (χ4v) is 2.48. The van der Waals surface area contributed by atoms with Gasteiger partial charge in [-0.05, 0) is 32.2 Å². The summed E-state index contributed by atoms with van der Waals surface area (Å²) >= 11 is 0. The fraction of sp³-hybridized carbons (Fsp3) is 1.00. The van der Waals surface area contributed by atoms with Crippen molar-refractivity contribution in [2.24, 2.45) is 5.41 Å². The lowest BCUT2D eigenvalue weighted by Gasteiger charge is -2.38. The Bertz CT molecular complexity index is 146. The lowest BCUT2D eigenvalue weighted by Crippen LogP contribution is -2.45. The van der Waals surface area contributed by atoms with Gasteiger partial charge in [-0.1, -0.05) is 6.92 Å². The molecule has 0 aromatic rings. The van der Waals surface area contributed by atoms with Crippen LogP contribution in [-0.2, 0) is 4.74 Å². The standard InChI is InChI=1S/C10H19NO/c1-10(5-3-6-11-8-10)9-4-2-7-12-9/h9,11H,2-8H2,1H3. The minimum atomic E-state index is 0.425. The summed E-state index contributed by atoms with van der Waals surface area (Å²) < 4.78 is 5.76. The number of hydrogen-bond donors (Lipinski definition) is 1. The van der Waals surface area contributed by atoms with Gasteiger partial charge < -0.3 is 10.1 Å². The molecule has 0 radical (unpaired) electrons. The molecule has 0 aromatic carbocycles. The minimum Gasteiger partial charge on any atom is -0.378 e. The zero-order chi connectivity index (χ0) is 8.44. The second-order valence-corrected chi connectivity index (χ2v) is 4.44. The quantitative estimate of drug-likeness (QED) is 0.643. The number of rotatable bonds is 1. The van der Waals surface area contributed by atoms with E-state index in [0.717, 1.165) is 13.2 Å². The van der Waals surface area contributed by atoms with Gasteiger partial charge >= 0.3 is 0 Å². The molecule has 2 atom stereocenters. The molecule has 0 aromatic heterocycles. The highest BCUT2D eigenvalue weighted by molar-refractivity contribution is 4.90. The molecular formula is C10H19NO. The van der Waals surface area contributed by atoms with Gasteiger partial charge in [0.25, 0.3) is 0 Å². The molecule has 2 heterocycles. The summed E-state index contributed by atoms with van der Waals surface area (Å²) in [6.45, 7) is 5.70. The molecule has 1 N–H and O–H groups in total. The van der Waals surface area contributed by atoms with Crippen molar-refractivity contribution in [3.63, 3.8) is 0 Å². The van der Waals surface area contributed by atoms with Crippen molar-refractivity contribution in [3.8, 4) is 0 Å². The first-order chi connectivity index (χ1) is 5.81. The van der Waals surface area contributed by atoms with Gasteiger partial charge in [0.05, 0.1) is 6.10 Å². The molecule has 2 aliphatic heterocycles. The first-order valence-electron chi connectivity index (χ1n) is 5.14. The largest absolute Gasteiger partial charge is 0.378 e. The summed E-state index contributed by atoms with van der Waals surface area (Å²) in [6, 6.07) is 0. The van der Waals surface area contributed by atoms with Crippen LogP contribution in [0, 0.1) is 5.41 Å². The van der Waals surface area contributed by atoms with Crippen molar-refractivity contribution in [2.75, 3.05) is 19.7 Å².